The van der Waals surface area contributed by atoms with Gasteiger partial charge < -0.3 is 14.6 Å². The van der Waals surface area contributed by atoms with Crippen LogP contribution >= 0.6 is 0 Å². The Morgan fingerprint density at radius 1 is 1.00 bits per heavy atom. The summed E-state index contributed by atoms with van der Waals surface area (Å²) in [7, 11) is 0. The van der Waals surface area contributed by atoms with E-state index in [1.807, 2.05) is 19.9 Å². The highest BCUT2D eigenvalue weighted by Crippen LogP contribution is 2.35. The Balaban J connectivity index is 2.45. The molecular formula is C22H32N2O3. The van der Waals surface area contributed by atoms with Crippen LogP contribution in [0.15, 0.2) is 18.2 Å². The summed E-state index contributed by atoms with van der Waals surface area (Å²) in [6.45, 7) is 10.9. The molecule has 1 N–H and O–H groups in total. The van der Waals surface area contributed by atoms with Crippen molar-refractivity contribution < 1.29 is 14.6 Å². The number of hydrogen-bond donors (Lipinski definition) is 1. The largest absolute Gasteiger partial charge is 0.508 e. The molecule has 1 aromatic heterocycles. The molecule has 0 spiro atoms. The Bertz CT molecular complexity index is 745. The number of aromatic hydroxyl groups is 1. The average molecular weight is 373 g/mol. The maximum absolute atomic E-state index is 9.87. The fraction of sp³-hybridized carbons (Fsp3) is 0.545. The summed E-state index contributed by atoms with van der Waals surface area (Å²) in [5.41, 5.74) is 3.36. The Labute approximate surface area is 162 Å². The van der Waals surface area contributed by atoms with Gasteiger partial charge in [0.15, 0.2) is 0 Å². The van der Waals surface area contributed by atoms with Crippen LogP contribution < -0.4 is 9.47 Å². The summed E-state index contributed by atoms with van der Waals surface area (Å²) in [5.74, 6) is 1.43. The second-order valence-electron chi connectivity index (χ2n) is 6.88. The number of aryl methyl sites for hydroxylation is 2. The van der Waals surface area contributed by atoms with E-state index in [1.165, 1.54) is 0 Å². The molecule has 2 rings (SSSR count). The van der Waals surface area contributed by atoms with Gasteiger partial charge in [0.1, 0.15) is 17.2 Å². The van der Waals surface area contributed by atoms with Crippen LogP contribution in [0.4, 0.5) is 0 Å². The maximum atomic E-state index is 9.87. The van der Waals surface area contributed by atoms with Crippen LogP contribution in [0.5, 0.6) is 17.4 Å². The fourth-order valence-corrected chi connectivity index (χ4v) is 2.87. The van der Waals surface area contributed by atoms with E-state index >= 15 is 0 Å². The average Bonchev–Trinajstić information content (AvgIpc) is 2.64. The van der Waals surface area contributed by atoms with E-state index in [4.69, 9.17) is 19.4 Å². The molecule has 0 amide bonds. The van der Waals surface area contributed by atoms with Crippen molar-refractivity contribution in [3.05, 3.63) is 29.6 Å². The molecule has 148 valence electrons. The molecule has 2 aromatic rings. The molecule has 0 atom stereocenters. The molecule has 0 unspecified atom stereocenters. The number of aromatic nitrogens is 2. The first kappa shape index (κ1) is 21.0. The lowest BCUT2D eigenvalue weighted by molar-refractivity contribution is 0.242. The molecule has 5 heteroatoms. The molecule has 5 nitrogen and oxygen atoms in total. The standard InChI is InChI=1S/C22H32N2O3/c1-6-9-10-13-26-22-19(8-3)23-21(18(7-2)24-22)17-12-11-16(25)14-20(17)27-15(4)5/h11-12,14-15,25H,6-10,13H2,1-5H3. The lowest BCUT2D eigenvalue weighted by Gasteiger charge is -2.18. The topological polar surface area (TPSA) is 64.5 Å². The van der Waals surface area contributed by atoms with Gasteiger partial charge in [0, 0.05) is 11.6 Å². The number of benzene rings is 1. The van der Waals surface area contributed by atoms with Gasteiger partial charge in [-0.2, -0.15) is 0 Å². The smallest absolute Gasteiger partial charge is 0.235 e. The molecule has 1 heterocycles. The van der Waals surface area contributed by atoms with Crippen LogP contribution in [0, 0.1) is 0 Å². The second-order valence-corrected chi connectivity index (χ2v) is 6.88. The highest BCUT2D eigenvalue weighted by Gasteiger charge is 2.18. The molecule has 0 bridgehead atoms. The molecule has 0 aliphatic heterocycles. The Morgan fingerprint density at radius 2 is 1.74 bits per heavy atom. The molecule has 0 saturated heterocycles. The van der Waals surface area contributed by atoms with Crippen LogP contribution in [-0.4, -0.2) is 27.8 Å². The third kappa shape index (κ3) is 5.59. The lowest BCUT2D eigenvalue weighted by atomic mass is 10.1. The van der Waals surface area contributed by atoms with Gasteiger partial charge in [-0.25, -0.2) is 9.97 Å². The minimum atomic E-state index is -0.00426. The van der Waals surface area contributed by atoms with E-state index in [0.29, 0.717) is 18.2 Å². The van der Waals surface area contributed by atoms with E-state index in [1.54, 1.807) is 12.1 Å². The van der Waals surface area contributed by atoms with Gasteiger partial charge in [0.2, 0.25) is 5.88 Å². The van der Waals surface area contributed by atoms with Gasteiger partial charge in [-0.05, 0) is 45.2 Å². The van der Waals surface area contributed by atoms with Crippen molar-refractivity contribution in [2.45, 2.75) is 72.8 Å². The predicted octanol–water partition coefficient (Wildman–Crippen LogP) is 5.33. The predicted molar refractivity (Wildman–Crippen MR) is 109 cm³/mol. The molecule has 0 saturated carbocycles. The molecule has 0 aliphatic rings. The Hall–Kier alpha value is -2.30. The number of phenolic OH excluding ortho intramolecular Hbond substituents is 1. The van der Waals surface area contributed by atoms with E-state index in [0.717, 1.165) is 54.7 Å². The normalized spacial score (nSPS) is 11.0. The highest BCUT2D eigenvalue weighted by molar-refractivity contribution is 5.70. The van der Waals surface area contributed by atoms with Crippen molar-refractivity contribution >= 4 is 0 Å². The van der Waals surface area contributed by atoms with Crippen molar-refractivity contribution in [2.75, 3.05) is 6.61 Å². The van der Waals surface area contributed by atoms with Crippen molar-refractivity contribution in [2.24, 2.45) is 0 Å². The number of hydrogen-bond acceptors (Lipinski definition) is 5. The molecule has 27 heavy (non-hydrogen) atoms. The number of nitrogens with zero attached hydrogens (tertiary/aromatic N) is 2. The van der Waals surface area contributed by atoms with Crippen LogP contribution in [0.3, 0.4) is 0 Å². The summed E-state index contributed by atoms with van der Waals surface area (Å²) in [6.07, 6.45) is 4.81. The second kappa shape index (κ2) is 10.1. The summed E-state index contributed by atoms with van der Waals surface area (Å²) >= 11 is 0. The quantitative estimate of drug-likeness (QED) is 0.571. The molecule has 0 radical (unpaired) electrons. The van der Waals surface area contributed by atoms with Gasteiger partial charge in [-0.3, -0.25) is 0 Å². The lowest BCUT2D eigenvalue weighted by Crippen LogP contribution is -2.10. The van der Waals surface area contributed by atoms with E-state index < -0.39 is 0 Å². The van der Waals surface area contributed by atoms with Crippen molar-refractivity contribution in [1.82, 2.24) is 9.97 Å². The first-order valence-electron chi connectivity index (χ1n) is 10.0. The summed E-state index contributed by atoms with van der Waals surface area (Å²) in [5, 5.41) is 9.87. The van der Waals surface area contributed by atoms with Crippen LogP contribution in [0.1, 0.15) is 65.3 Å². The zero-order valence-electron chi connectivity index (χ0n) is 17.2. The maximum Gasteiger partial charge on any atom is 0.235 e. The fourth-order valence-electron chi connectivity index (χ4n) is 2.87. The van der Waals surface area contributed by atoms with Gasteiger partial charge in [0.05, 0.1) is 24.1 Å². The Morgan fingerprint density at radius 3 is 2.37 bits per heavy atom. The van der Waals surface area contributed by atoms with Crippen LogP contribution in [0.25, 0.3) is 11.3 Å². The first-order chi connectivity index (χ1) is 13.0. The van der Waals surface area contributed by atoms with Crippen molar-refractivity contribution in [3.8, 4) is 28.6 Å². The summed E-state index contributed by atoms with van der Waals surface area (Å²) in [6, 6.07) is 5.14. The van der Waals surface area contributed by atoms with Gasteiger partial charge in [0.25, 0.3) is 0 Å². The zero-order valence-corrected chi connectivity index (χ0v) is 17.2. The SMILES string of the molecule is CCCCCOc1nc(CC)c(-c2ccc(O)cc2OC(C)C)nc1CC. The van der Waals surface area contributed by atoms with Crippen LogP contribution in [0.2, 0.25) is 0 Å². The zero-order chi connectivity index (χ0) is 19.8. The molecule has 1 aromatic carbocycles. The first-order valence-corrected chi connectivity index (χ1v) is 10.0. The van der Waals surface area contributed by atoms with Crippen LogP contribution in [-0.2, 0) is 12.8 Å². The van der Waals surface area contributed by atoms with E-state index in [-0.39, 0.29) is 11.9 Å². The third-order valence-electron chi connectivity index (χ3n) is 4.24. The summed E-state index contributed by atoms with van der Waals surface area (Å²) < 4.78 is 11.8. The minimum absolute atomic E-state index is 0.00426. The van der Waals surface area contributed by atoms with Crippen molar-refractivity contribution in [1.29, 1.82) is 0 Å². The minimum Gasteiger partial charge on any atom is -0.508 e. The number of unbranched alkanes of at least 4 members (excludes halogenated alkanes) is 2. The van der Waals surface area contributed by atoms with Gasteiger partial charge >= 0.3 is 0 Å². The van der Waals surface area contributed by atoms with E-state index in [9.17, 15) is 5.11 Å². The third-order valence-corrected chi connectivity index (χ3v) is 4.24. The highest BCUT2D eigenvalue weighted by atomic mass is 16.5. The molecular weight excluding hydrogens is 340 g/mol. The number of rotatable bonds is 10. The Kier molecular flexibility index (Phi) is 7.89. The number of phenols is 1. The van der Waals surface area contributed by atoms with Gasteiger partial charge in [-0.15, -0.1) is 0 Å². The molecule has 0 aliphatic carbocycles. The van der Waals surface area contributed by atoms with E-state index in [2.05, 4.69) is 20.8 Å². The molecule has 0 fully saturated rings. The number of ether oxygens (including phenoxy) is 2. The monoisotopic (exact) mass is 372 g/mol. The van der Waals surface area contributed by atoms with Gasteiger partial charge in [-0.1, -0.05) is 33.6 Å². The summed E-state index contributed by atoms with van der Waals surface area (Å²) in [4.78, 5) is 9.66. The van der Waals surface area contributed by atoms with Crippen molar-refractivity contribution in [3.63, 3.8) is 0 Å².